The Morgan fingerprint density at radius 1 is 1.17 bits per heavy atom. The molecule has 96 valence electrons. The first-order chi connectivity index (χ1) is 8.77. The molecule has 1 heterocycles. The summed E-state index contributed by atoms with van der Waals surface area (Å²) in [5, 5.41) is 4.78. The Hall–Kier alpha value is -1.41. The van der Waals surface area contributed by atoms with Gasteiger partial charge in [0.05, 0.1) is 5.52 Å². The Bertz CT molecular complexity index is 486. The Morgan fingerprint density at radius 2 is 2.00 bits per heavy atom. The quantitative estimate of drug-likeness (QED) is 0.780. The molecule has 0 aliphatic heterocycles. The van der Waals surface area contributed by atoms with Crippen LogP contribution >= 0.6 is 0 Å². The first kappa shape index (κ1) is 13.0. The molecule has 0 amide bonds. The second-order valence-corrected chi connectivity index (χ2v) is 5.20. The Balaban J connectivity index is 1.91. The minimum absolute atomic E-state index is 0.800. The molecule has 2 nitrogen and oxygen atoms in total. The van der Waals surface area contributed by atoms with Gasteiger partial charge < -0.3 is 5.32 Å². The summed E-state index contributed by atoms with van der Waals surface area (Å²) in [5.41, 5.74) is 2.42. The molecule has 2 rings (SSSR count). The van der Waals surface area contributed by atoms with Crippen molar-refractivity contribution in [1.82, 2.24) is 10.3 Å². The van der Waals surface area contributed by atoms with E-state index in [0.717, 1.165) is 24.5 Å². The van der Waals surface area contributed by atoms with Gasteiger partial charge in [0.1, 0.15) is 0 Å². The Labute approximate surface area is 109 Å². The summed E-state index contributed by atoms with van der Waals surface area (Å²) in [6, 6.07) is 10.4. The first-order valence-corrected chi connectivity index (χ1v) is 6.80. The number of nitrogens with zero attached hydrogens (tertiary/aromatic N) is 1. The second-order valence-electron chi connectivity index (χ2n) is 5.20. The minimum atomic E-state index is 0.800. The molecule has 2 heteroatoms. The summed E-state index contributed by atoms with van der Waals surface area (Å²) in [6.07, 6.45) is 4.44. The molecule has 1 N–H and O–H groups in total. The highest BCUT2D eigenvalue weighted by Crippen LogP contribution is 2.15. The third-order valence-corrected chi connectivity index (χ3v) is 3.19. The highest BCUT2D eigenvalue weighted by atomic mass is 14.8. The van der Waals surface area contributed by atoms with Gasteiger partial charge >= 0.3 is 0 Å². The van der Waals surface area contributed by atoms with Crippen molar-refractivity contribution in [2.75, 3.05) is 6.54 Å². The first-order valence-electron chi connectivity index (χ1n) is 6.80. The molecule has 0 saturated heterocycles. The lowest BCUT2D eigenvalue weighted by Crippen LogP contribution is -2.15. The molecule has 0 fully saturated rings. The van der Waals surface area contributed by atoms with E-state index in [1.54, 1.807) is 0 Å². The largest absolute Gasteiger partial charge is 0.313 e. The van der Waals surface area contributed by atoms with Crippen LogP contribution in [0.3, 0.4) is 0 Å². The number of nitrogens with one attached hydrogen (secondary N) is 1. The van der Waals surface area contributed by atoms with E-state index in [0.29, 0.717) is 0 Å². The maximum Gasteiger partial charge on any atom is 0.0705 e. The van der Waals surface area contributed by atoms with E-state index in [4.69, 9.17) is 0 Å². The second kappa shape index (κ2) is 6.50. The van der Waals surface area contributed by atoms with Crippen LogP contribution in [-0.4, -0.2) is 11.5 Å². The van der Waals surface area contributed by atoms with E-state index in [1.165, 1.54) is 23.8 Å². The summed E-state index contributed by atoms with van der Waals surface area (Å²) in [6.45, 7) is 6.57. The van der Waals surface area contributed by atoms with Crippen LogP contribution in [0.25, 0.3) is 10.9 Å². The van der Waals surface area contributed by atoms with Crippen LogP contribution < -0.4 is 5.32 Å². The fraction of sp³-hybridized carbons (Fsp3) is 0.438. The topological polar surface area (TPSA) is 24.9 Å². The zero-order valence-corrected chi connectivity index (χ0v) is 11.3. The SMILES string of the molecule is CC(C)CCCNCc1ccnc2ccccc12. The fourth-order valence-electron chi connectivity index (χ4n) is 2.17. The molecule has 0 atom stereocenters. The predicted molar refractivity (Wildman–Crippen MR) is 77.5 cm³/mol. The maximum atomic E-state index is 4.38. The van der Waals surface area contributed by atoms with Crippen molar-refractivity contribution in [3.05, 3.63) is 42.1 Å². The Morgan fingerprint density at radius 3 is 2.83 bits per heavy atom. The molecule has 0 spiro atoms. The lowest BCUT2D eigenvalue weighted by molar-refractivity contribution is 0.528. The highest BCUT2D eigenvalue weighted by molar-refractivity contribution is 5.81. The molecule has 1 aromatic carbocycles. The molecule has 2 aromatic rings. The number of hydrogen-bond donors (Lipinski definition) is 1. The molecule has 0 bridgehead atoms. The summed E-state index contributed by atoms with van der Waals surface area (Å²) in [4.78, 5) is 4.38. The summed E-state index contributed by atoms with van der Waals surface area (Å²) >= 11 is 0. The summed E-state index contributed by atoms with van der Waals surface area (Å²) in [7, 11) is 0. The van der Waals surface area contributed by atoms with Gasteiger partial charge in [0.25, 0.3) is 0 Å². The number of rotatable bonds is 6. The molecule has 0 aliphatic carbocycles. The molecule has 0 aliphatic rings. The van der Waals surface area contributed by atoms with E-state index >= 15 is 0 Å². The summed E-state index contributed by atoms with van der Waals surface area (Å²) < 4.78 is 0. The zero-order valence-electron chi connectivity index (χ0n) is 11.3. The lowest BCUT2D eigenvalue weighted by Gasteiger charge is -2.08. The third kappa shape index (κ3) is 3.54. The van der Waals surface area contributed by atoms with Crippen molar-refractivity contribution in [3.63, 3.8) is 0 Å². The van der Waals surface area contributed by atoms with Crippen molar-refractivity contribution >= 4 is 10.9 Å². The van der Waals surface area contributed by atoms with Crippen LogP contribution in [0.15, 0.2) is 36.5 Å². The normalized spacial score (nSPS) is 11.3. The van der Waals surface area contributed by atoms with Crippen molar-refractivity contribution in [2.24, 2.45) is 5.92 Å². The van der Waals surface area contributed by atoms with Crippen molar-refractivity contribution in [1.29, 1.82) is 0 Å². The van der Waals surface area contributed by atoms with Crippen LogP contribution in [0.1, 0.15) is 32.3 Å². The number of benzene rings is 1. The average molecular weight is 242 g/mol. The Kier molecular flexibility index (Phi) is 4.71. The molecule has 0 radical (unpaired) electrons. The van der Waals surface area contributed by atoms with E-state index in [1.807, 2.05) is 12.3 Å². The third-order valence-electron chi connectivity index (χ3n) is 3.19. The van der Waals surface area contributed by atoms with E-state index in [-0.39, 0.29) is 0 Å². The maximum absolute atomic E-state index is 4.38. The molecule has 0 unspecified atom stereocenters. The van der Waals surface area contributed by atoms with E-state index < -0.39 is 0 Å². The number of hydrogen-bond acceptors (Lipinski definition) is 2. The minimum Gasteiger partial charge on any atom is -0.313 e. The molecular weight excluding hydrogens is 220 g/mol. The van der Waals surface area contributed by atoms with Crippen LogP contribution in [0.5, 0.6) is 0 Å². The van der Waals surface area contributed by atoms with Crippen molar-refractivity contribution in [2.45, 2.75) is 33.2 Å². The van der Waals surface area contributed by atoms with Gasteiger partial charge in [0.15, 0.2) is 0 Å². The summed E-state index contributed by atoms with van der Waals surface area (Å²) in [5.74, 6) is 0.800. The zero-order chi connectivity index (χ0) is 12.8. The number of aromatic nitrogens is 1. The van der Waals surface area contributed by atoms with E-state index in [2.05, 4.69) is 48.4 Å². The van der Waals surface area contributed by atoms with Gasteiger partial charge in [-0.3, -0.25) is 4.98 Å². The van der Waals surface area contributed by atoms with Gasteiger partial charge in [0, 0.05) is 18.1 Å². The van der Waals surface area contributed by atoms with Gasteiger partial charge in [-0.15, -0.1) is 0 Å². The highest BCUT2D eigenvalue weighted by Gasteiger charge is 2.00. The monoisotopic (exact) mass is 242 g/mol. The average Bonchev–Trinajstić information content (AvgIpc) is 2.38. The lowest BCUT2D eigenvalue weighted by atomic mass is 10.1. The van der Waals surface area contributed by atoms with Crippen molar-refractivity contribution < 1.29 is 0 Å². The molecule has 0 saturated carbocycles. The fourth-order valence-corrected chi connectivity index (χ4v) is 2.17. The van der Waals surface area contributed by atoms with Gasteiger partial charge in [-0.1, -0.05) is 32.0 Å². The van der Waals surface area contributed by atoms with Gasteiger partial charge in [-0.25, -0.2) is 0 Å². The smallest absolute Gasteiger partial charge is 0.0705 e. The number of fused-ring (bicyclic) bond motifs is 1. The van der Waals surface area contributed by atoms with Crippen LogP contribution in [0, 0.1) is 5.92 Å². The van der Waals surface area contributed by atoms with Gasteiger partial charge in [0.2, 0.25) is 0 Å². The van der Waals surface area contributed by atoms with E-state index in [9.17, 15) is 0 Å². The number of pyridine rings is 1. The predicted octanol–water partition coefficient (Wildman–Crippen LogP) is 3.76. The number of para-hydroxylation sites is 1. The van der Waals surface area contributed by atoms with Crippen LogP contribution in [0.2, 0.25) is 0 Å². The molecule has 18 heavy (non-hydrogen) atoms. The van der Waals surface area contributed by atoms with Gasteiger partial charge in [-0.05, 0) is 43.0 Å². The van der Waals surface area contributed by atoms with Gasteiger partial charge in [-0.2, -0.15) is 0 Å². The van der Waals surface area contributed by atoms with Crippen LogP contribution in [0.4, 0.5) is 0 Å². The standard InChI is InChI=1S/C16H22N2/c1-13(2)6-5-10-17-12-14-9-11-18-16-8-4-3-7-15(14)16/h3-4,7-9,11,13,17H,5-6,10,12H2,1-2H3. The molecular formula is C16H22N2. The van der Waals surface area contributed by atoms with Crippen LogP contribution in [-0.2, 0) is 6.54 Å². The van der Waals surface area contributed by atoms with Crippen molar-refractivity contribution in [3.8, 4) is 0 Å². The molecule has 1 aromatic heterocycles.